The van der Waals surface area contributed by atoms with Crippen molar-refractivity contribution >= 4 is 29.1 Å². The van der Waals surface area contributed by atoms with Crippen LogP contribution in [-0.4, -0.2) is 24.5 Å². The van der Waals surface area contributed by atoms with Gasteiger partial charge in [0.25, 0.3) is 5.91 Å². The molecule has 1 amide bonds. The Morgan fingerprint density at radius 1 is 0.914 bits per heavy atom. The first-order valence-corrected chi connectivity index (χ1v) is 11.9. The minimum absolute atomic E-state index is 0.206. The summed E-state index contributed by atoms with van der Waals surface area (Å²) in [5.74, 6) is 1.31. The summed E-state index contributed by atoms with van der Waals surface area (Å²) in [6.45, 7) is 1.20. The molecule has 1 aromatic heterocycles. The van der Waals surface area contributed by atoms with E-state index in [9.17, 15) is 4.79 Å². The van der Waals surface area contributed by atoms with Crippen LogP contribution in [0.15, 0.2) is 89.5 Å². The van der Waals surface area contributed by atoms with Crippen LogP contribution in [0.2, 0.25) is 10.0 Å². The standard InChI is InChI=1S/C28H25Cl2NO4/c1-33-25-12-9-21(16-27(25)35-19-20-6-3-2-4-7-20)18-31(28(32)26-8-5-15-34-26)14-13-22-10-11-23(29)17-24(22)30/h2-12,15-17H,13-14,18-19H2,1H3. The molecule has 35 heavy (non-hydrogen) atoms. The van der Waals surface area contributed by atoms with Crippen molar-refractivity contribution in [3.63, 3.8) is 0 Å². The molecule has 0 aliphatic rings. The Labute approximate surface area is 214 Å². The quantitative estimate of drug-likeness (QED) is 0.229. The fourth-order valence-electron chi connectivity index (χ4n) is 3.68. The van der Waals surface area contributed by atoms with Crippen molar-refractivity contribution < 1.29 is 18.7 Å². The van der Waals surface area contributed by atoms with E-state index < -0.39 is 0 Å². The highest BCUT2D eigenvalue weighted by Gasteiger charge is 2.20. The van der Waals surface area contributed by atoms with Gasteiger partial charge in [-0.05, 0) is 59.5 Å². The summed E-state index contributed by atoms with van der Waals surface area (Å²) >= 11 is 12.4. The van der Waals surface area contributed by atoms with Gasteiger partial charge in [-0.3, -0.25) is 4.79 Å². The molecular formula is C28H25Cl2NO4. The molecule has 0 bridgehead atoms. The maximum Gasteiger partial charge on any atom is 0.289 e. The molecular weight excluding hydrogens is 485 g/mol. The predicted octanol–water partition coefficient (Wildman–Crippen LogP) is 7.06. The molecule has 0 aliphatic heterocycles. The van der Waals surface area contributed by atoms with Crippen LogP contribution in [0.5, 0.6) is 11.5 Å². The predicted molar refractivity (Wildman–Crippen MR) is 137 cm³/mol. The largest absolute Gasteiger partial charge is 0.493 e. The number of hydrogen-bond acceptors (Lipinski definition) is 4. The van der Waals surface area contributed by atoms with Crippen molar-refractivity contribution in [3.8, 4) is 11.5 Å². The summed E-state index contributed by atoms with van der Waals surface area (Å²) in [5, 5.41) is 1.15. The molecule has 0 radical (unpaired) electrons. The van der Waals surface area contributed by atoms with Gasteiger partial charge in [0, 0.05) is 23.1 Å². The maximum absolute atomic E-state index is 13.2. The zero-order chi connectivity index (χ0) is 24.6. The smallest absolute Gasteiger partial charge is 0.289 e. The molecule has 0 N–H and O–H groups in total. The fraction of sp³-hybridized carbons (Fsp3) is 0.179. The average Bonchev–Trinajstić information content (AvgIpc) is 3.41. The Morgan fingerprint density at radius 2 is 1.74 bits per heavy atom. The van der Waals surface area contributed by atoms with Crippen molar-refractivity contribution in [2.75, 3.05) is 13.7 Å². The summed E-state index contributed by atoms with van der Waals surface area (Å²) in [4.78, 5) is 14.9. The van der Waals surface area contributed by atoms with Crippen molar-refractivity contribution in [2.45, 2.75) is 19.6 Å². The monoisotopic (exact) mass is 509 g/mol. The molecule has 0 atom stereocenters. The number of rotatable bonds is 10. The van der Waals surface area contributed by atoms with Gasteiger partial charge in [0.1, 0.15) is 6.61 Å². The number of methoxy groups -OCH3 is 1. The lowest BCUT2D eigenvalue weighted by Gasteiger charge is -2.23. The Kier molecular flexibility index (Phi) is 8.35. The summed E-state index contributed by atoms with van der Waals surface area (Å²) in [6, 6.07) is 24.3. The summed E-state index contributed by atoms with van der Waals surface area (Å²) in [6.07, 6.45) is 2.06. The van der Waals surface area contributed by atoms with Gasteiger partial charge >= 0.3 is 0 Å². The number of amides is 1. The van der Waals surface area contributed by atoms with Crippen molar-refractivity contribution in [1.29, 1.82) is 0 Å². The van der Waals surface area contributed by atoms with Gasteiger partial charge in [-0.2, -0.15) is 0 Å². The highest BCUT2D eigenvalue weighted by Crippen LogP contribution is 2.30. The van der Waals surface area contributed by atoms with Crippen LogP contribution in [0.25, 0.3) is 0 Å². The molecule has 5 nitrogen and oxygen atoms in total. The van der Waals surface area contributed by atoms with Crippen LogP contribution in [0.3, 0.4) is 0 Å². The number of furan rings is 1. The van der Waals surface area contributed by atoms with E-state index in [0.29, 0.717) is 47.7 Å². The van der Waals surface area contributed by atoms with Gasteiger partial charge < -0.3 is 18.8 Å². The van der Waals surface area contributed by atoms with Crippen LogP contribution in [0.4, 0.5) is 0 Å². The van der Waals surface area contributed by atoms with E-state index in [-0.39, 0.29) is 11.7 Å². The number of hydrogen-bond donors (Lipinski definition) is 0. The van der Waals surface area contributed by atoms with Crippen LogP contribution in [-0.2, 0) is 19.6 Å². The number of carbonyl (C=O) groups excluding carboxylic acids is 1. The van der Waals surface area contributed by atoms with E-state index in [1.54, 1.807) is 36.3 Å². The number of halogens is 2. The fourth-order valence-corrected chi connectivity index (χ4v) is 4.18. The van der Waals surface area contributed by atoms with Gasteiger partial charge in [0.2, 0.25) is 0 Å². The molecule has 4 rings (SSSR count). The first kappa shape index (κ1) is 24.7. The van der Waals surface area contributed by atoms with E-state index in [4.69, 9.17) is 37.1 Å². The highest BCUT2D eigenvalue weighted by molar-refractivity contribution is 6.35. The number of carbonyl (C=O) groups is 1. The molecule has 0 saturated heterocycles. The van der Waals surface area contributed by atoms with Gasteiger partial charge in [0.15, 0.2) is 17.3 Å². The van der Waals surface area contributed by atoms with Gasteiger partial charge in [-0.15, -0.1) is 0 Å². The van der Waals surface area contributed by atoms with Gasteiger partial charge in [-0.25, -0.2) is 0 Å². The van der Waals surface area contributed by atoms with Gasteiger partial charge in [0.05, 0.1) is 13.4 Å². The van der Waals surface area contributed by atoms with Crippen molar-refractivity contribution in [2.24, 2.45) is 0 Å². The molecule has 0 fully saturated rings. The SMILES string of the molecule is COc1ccc(CN(CCc2ccc(Cl)cc2Cl)C(=O)c2ccco2)cc1OCc1ccccc1. The zero-order valence-electron chi connectivity index (χ0n) is 19.2. The van der Waals surface area contributed by atoms with E-state index in [2.05, 4.69) is 0 Å². The van der Waals surface area contributed by atoms with Crippen molar-refractivity contribution in [3.05, 3.63) is 118 Å². The molecule has 0 aliphatic carbocycles. The summed E-state index contributed by atoms with van der Waals surface area (Å²) in [5.41, 5.74) is 2.86. The van der Waals surface area contributed by atoms with Gasteiger partial charge in [-0.1, -0.05) is 65.7 Å². The third-order valence-corrected chi connectivity index (χ3v) is 6.11. The minimum atomic E-state index is -0.206. The molecule has 0 spiro atoms. The van der Waals surface area contributed by atoms with Crippen LogP contribution >= 0.6 is 23.2 Å². The second-order valence-corrected chi connectivity index (χ2v) is 8.79. The molecule has 1 heterocycles. The maximum atomic E-state index is 13.2. The third kappa shape index (κ3) is 6.59. The average molecular weight is 510 g/mol. The Hall–Kier alpha value is -3.41. The second kappa shape index (κ2) is 11.8. The summed E-state index contributed by atoms with van der Waals surface area (Å²) < 4.78 is 16.9. The minimum Gasteiger partial charge on any atom is -0.493 e. The van der Waals surface area contributed by atoms with E-state index >= 15 is 0 Å². The lowest BCUT2D eigenvalue weighted by atomic mass is 10.1. The molecule has 7 heteroatoms. The van der Waals surface area contributed by atoms with E-state index in [1.165, 1.54) is 6.26 Å². The van der Waals surface area contributed by atoms with Crippen LogP contribution in [0, 0.1) is 0 Å². The third-order valence-electron chi connectivity index (χ3n) is 5.52. The van der Waals surface area contributed by atoms with E-state index in [1.807, 2.05) is 54.6 Å². The molecule has 180 valence electrons. The zero-order valence-corrected chi connectivity index (χ0v) is 20.8. The normalized spacial score (nSPS) is 10.7. The topological polar surface area (TPSA) is 51.9 Å². The number of ether oxygens (including phenoxy) is 2. The van der Waals surface area contributed by atoms with E-state index in [0.717, 1.165) is 16.7 Å². The van der Waals surface area contributed by atoms with Crippen LogP contribution in [0.1, 0.15) is 27.2 Å². The van der Waals surface area contributed by atoms with Crippen molar-refractivity contribution in [1.82, 2.24) is 4.90 Å². The Balaban J connectivity index is 1.53. The first-order valence-electron chi connectivity index (χ1n) is 11.1. The number of nitrogens with zero attached hydrogens (tertiary/aromatic N) is 1. The molecule has 4 aromatic rings. The lowest BCUT2D eigenvalue weighted by Crippen LogP contribution is -2.32. The second-order valence-electron chi connectivity index (χ2n) is 7.95. The lowest BCUT2D eigenvalue weighted by molar-refractivity contribution is 0.0712. The first-order chi connectivity index (χ1) is 17.0. The molecule has 3 aromatic carbocycles. The summed E-state index contributed by atoms with van der Waals surface area (Å²) in [7, 11) is 1.60. The number of benzene rings is 3. The Morgan fingerprint density at radius 3 is 2.46 bits per heavy atom. The molecule has 0 saturated carbocycles. The Bertz CT molecular complexity index is 1260. The molecule has 0 unspecified atom stereocenters. The van der Waals surface area contributed by atoms with Crippen LogP contribution < -0.4 is 9.47 Å². The highest BCUT2D eigenvalue weighted by atomic mass is 35.5.